The zero-order valence-electron chi connectivity index (χ0n) is 17.0. The van der Waals surface area contributed by atoms with Crippen LogP contribution in [0.2, 0.25) is 0 Å². The van der Waals surface area contributed by atoms with Gasteiger partial charge in [0, 0.05) is 31.0 Å². The van der Waals surface area contributed by atoms with Gasteiger partial charge in [-0.15, -0.1) is 0 Å². The summed E-state index contributed by atoms with van der Waals surface area (Å²) in [6.07, 6.45) is 9.35. The van der Waals surface area contributed by atoms with Crippen molar-refractivity contribution >= 4 is 6.03 Å². The number of para-hydroxylation sites is 1. The van der Waals surface area contributed by atoms with Crippen molar-refractivity contribution in [2.75, 3.05) is 0 Å². The number of fused-ring (bicyclic) bond motifs is 2. The van der Waals surface area contributed by atoms with Crippen LogP contribution in [-0.2, 0) is 0 Å². The number of benzene rings is 1. The van der Waals surface area contributed by atoms with Gasteiger partial charge in [0.15, 0.2) is 0 Å². The molecule has 1 aromatic rings. The minimum atomic E-state index is -0.441. The fourth-order valence-electron chi connectivity index (χ4n) is 7.68. The quantitative estimate of drug-likeness (QED) is 0.819. The molecule has 7 rings (SSSR count). The molecule has 0 aromatic heterocycles. The van der Waals surface area contributed by atoms with Crippen molar-refractivity contribution in [3.05, 3.63) is 30.3 Å². The zero-order valence-corrected chi connectivity index (χ0v) is 17.0. The average molecular weight is 397 g/mol. The van der Waals surface area contributed by atoms with Gasteiger partial charge in [-0.05, 0) is 74.8 Å². The van der Waals surface area contributed by atoms with Crippen LogP contribution in [0.25, 0.3) is 0 Å². The predicted molar refractivity (Wildman–Crippen MR) is 110 cm³/mol. The summed E-state index contributed by atoms with van der Waals surface area (Å²) in [5.41, 5.74) is -0.441. The zero-order chi connectivity index (χ0) is 19.6. The van der Waals surface area contributed by atoms with Crippen LogP contribution in [-0.4, -0.2) is 45.9 Å². The molecule has 156 valence electrons. The number of ether oxygens (including phenoxy) is 1. The molecule has 1 aromatic carbocycles. The molecule has 2 aliphatic heterocycles. The number of rotatable bonds is 3. The lowest BCUT2D eigenvalue weighted by molar-refractivity contribution is -0.137. The molecule has 29 heavy (non-hydrogen) atoms. The fourth-order valence-corrected chi connectivity index (χ4v) is 7.68. The van der Waals surface area contributed by atoms with E-state index in [-0.39, 0.29) is 18.2 Å². The molecule has 4 aliphatic carbocycles. The molecule has 2 saturated heterocycles. The standard InChI is InChI=1S/C24H32N2O3/c27-23(25-22-16-8-15-9-17(22)14-24(28,12-15)13-16)26-18-6-7-19(26)11-21(10-18)29-20-4-2-1-3-5-20/h1-5,15-19,21-22,28H,6-14H2,(H,25,27)/t15?,16?,17?,18-,19+,21?,22?,24?. The van der Waals surface area contributed by atoms with E-state index in [2.05, 4.69) is 10.2 Å². The Labute approximate surface area is 172 Å². The Kier molecular flexibility index (Phi) is 4.13. The van der Waals surface area contributed by atoms with Gasteiger partial charge >= 0.3 is 6.03 Å². The van der Waals surface area contributed by atoms with E-state index in [1.807, 2.05) is 30.3 Å². The fraction of sp³-hybridized carbons (Fsp3) is 0.708. The normalized spacial score (nSPS) is 44.7. The second kappa shape index (κ2) is 6.63. The van der Waals surface area contributed by atoms with E-state index >= 15 is 0 Å². The molecular formula is C24H32N2O3. The molecule has 2 heterocycles. The number of hydrogen-bond donors (Lipinski definition) is 2. The van der Waals surface area contributed by atoms with E-state index in [1.165, 1.54) is 12.8 Å². The minimum Gasteiger partial charge on any atom is -0.490 e. The second-order valence-corrected chi connectivity index (χ2v) is 10.5. The number of nitrogens with one attached hydrogen (secondary N) is 1. The first-order valence-corrected chi connectivity index (χ1v) is 11.6. The summed E-state index contributed by atoms with van der Waals surface area (Å²) in [5, 5.41) is 14.3. The van der Waals surface area contributed by atoms with Crippen LogP contribution >= 0.6 is 0 Å². The molecule has 5 heteroatoms. The number of hydrogen-bond acceptors (Lipinski definition) is 3. The smallest absolute Gasteiger partial charge is 0.318 e. The number of carbonyl (C=O) groups is 1. The van der Waals surface area contributed by atoms with Crippen LogP contribution in [0.3, 0.4) is 0 Å². The lowest BCUT2D eigenvalue weighted by Crippen LogP contribution is -2.64. The van der Waals surface area contributed by atoms with E-state index in [0.29, 0.717) is 29.8 Å². The maximum Gasteiger partial charge on any atom is 0.318 e. The Morgan fingerprint density at radius 3 is 2.28 bits per heavy atom. The number of aliphatic hydroxyl groups is 1. The lowest BCUT2D eigenvalue weighted by atomic mass is 9.52. The van der Waals surface area contributed by atoms with Crippen molar-refractivity contribution in [3.8, 4) is 5.75 Å². The van der Waals surface area contributed by atoms with E-state index in [9.17, 15) is 9.90 Å². The van der Waals surface area contributed by atoms with Gasteiger partial charge in [0.05, 0.1) is 5.60 Å². The highest BCUT2D eigenvalue weighted by molar-refractivity contribution is 5.76. The molecule has 5 atom stereocenters. The Morgan fingerprint density at radius 1 is 1.00 bits per heavy atom. The topological polar surface area (TPSA) is 61.8 Å². The summed E-state index contributed by atoms with van der Waals surface area (Å²) < 4.78 is 6.22. The molecule has 6 bridgehead atoms. The first kappa shape index (κ1) is 18.1. The van der Waals surface area contributed by atoms with Gasteiger partial charge in [-0.25, -0.2) is 4.79 Å². The average Bonchev–Trinajstić information content (AvgIpc) is 2.95. The SMILES string of the molecule is O=C(NC1C2CC3CC1CC(O)(C3)C2)N1[C@@H]2CC[C@H]1CC(Oc1ccccc1)C2. The van der Waals surface area contributed by atoms with Gasteiger partial charge < -0.3 is 20.1 Å². The van der Waals surface area contributed by atoms with Gasteiger partial charge in [-0.1, -0.05) is 18.2 Å². The van der Waals surface area contributed by atoms with Crippen LogP contribution < -0.4 is 10.1 Å². The number of nitrogens with zero attached hydrogens (tertiary/aromatic N) is 1. The van der Waals surface area contributed by atoms with E-state index in [0.717, 1.165) is 50.7 Å². The van der Waals surface area contributed by atoms with Crippen molar-refractivity contribution < 1.29 is 14.6 Å². The maximum atomic E-state index is 13.3. The molecule has 0 spiro atoms. The Bertz CT molecular complexity index is 754. The van der Waals surface area contributed by atoms with E-state index in [1.54, 1.807) is 0 Å². The minimum absolute atomic E-state index is 0.139. The third-order valence-corrected chi connectivity index (χ3v) is 8.50. The third-order valence-electron chi connectivity index (χ3n) is 8.50. The highest BCUT2D eigenvalue weighted by Crippen LogP contribution is 2.55. The van der Waals surface area contributed by atoms with Crippen molar-refractivity contribution in [2.24, 2.45) is 17.8 Å². The van der Waals surface area contributed by atoms with Gasteiger partial charge in [-0.2, -0.15) is 0 Å². The Morgan fingerprint density at radius 2 is 1.66 bits per heavy atom. The summed E-state index contributed by atoms with van der Waals surface area (Å²) in [6, 6.07) is 11.0. The molecule has 0 radical (unpaired) electrons. The maximum absolute atomic E-state index is 13.3. The number of urea groups is 1. The van der Waals surface area contributed by atoms with Crippen molar-refractivity contribution in [1.82, 2.24) is 10.2 Å². The Hall–Kier alpha value is -1.75. The molecule has 2 N–H and O–H groups in total. The van der Waals surface area contributed by atoms with Crippen LogP contribution in [0.4, 0.5) is 4.79 Å². The summed E-state index contributed by atoms with van der Waals surface area (Å²) in [6.45, 7) is 0. The number of piperidine rings is 1. The van der Waals surface area contributed by atoms with Crippen LogP contribution in [0, 0.1) is 17.8 Å². The molecule has 5 nitrogen and oxygen atoms in total. The van der Waals surface area contributed by atoms with E-state index in [4.69, 9.17) is 4.74 Å². The van der Waals surface area contributed by atoms with Gasteiger partial charge in [0.25, 0.3) is 0 Å². The van der Waals surface area contributed by atoms with Crippen molar-refractivity contribution in [3.63, 3.8) is 0 Å². The lowest BCUT2D eigenvalue weighted by Gasteiger charge is -2.58. The summed E-state index contributed by atoms with van der Waals surface area (Å²) >= 11 is 0. The monoisotopic (exact) mass is 396 g/mol. The van der Waals surface area contributed by atoms with Crippen molar-refractivity contribution in [1.29, 1.82) is 0 Å². The van der Waals surface area contributed by atoms with Crippen LogP contribution in [0.15, 0.2) is 30.3 Å². The molecule has 6 fully saturated rings. The highest BCUT2D eigenvalue weighted by Gasteiger charge is 2.55. The Balaban J connectivity index is 1.11. The number of amides is 2. The molecular weight excluding hydrogens is 364 g/mol. The summed E-state index contributed by atoms with van der Waals surface area (Å²) in [5.74, 6) is 2.53. The summed E-state index contributed by atoms with van der Waals surface area (Å²) in [7, 11) is 0. The molecule has 2 amide bonds. The molecule has 3 unspecified atom stereocenters. The highest BCUT2D eigenvalue weighted by atomic mass is 16.5. The van der Waals surface area contributed by atoms with Crippen molar-refractivity contribution in [2.45, 2.75) is 87.6 Å². The van der Waals surface area contributed by atoms with Gasteiger partial charge in [0.2, 0.25) is 0 Å². The van der Waals surface area contributed by atoms with E-state index < -0.39 is 5.60 Å². The first-order valence-electron chi connectivity index (χ1n) is 11.6. The molecule has 4 saturated carbocycles. The van der Waals surface area contributed by atoms with Gasteiger partial charge in [0.1, 0.15) is 11.9 Å². The van der Waals surface area contributed by atoms with Gasteiger partial charge in [-0.3, -0.25) is 0 Å². The van der Waals surface area contributed by atoms with Crippen LogP contribution in [0.5, 0.6) is 5.75 Å². The molecule has 6 aliphatic rings. The predicted octanol–water partition coefficient (Wildman–Crippen LogP) is 3.71. The second-order valence-electron chi connectivity index (χ2n) is 10.5. The summed E-state index contributed by atoms with van der Waals surface area (Å²) in [4.78, 5) is 15.5. The number of carbonyl (C=O) groups excluding carboxylic acids is 1. The third kappa shape index (κ3) is 3.13. The largest absolute Gasteiger partial charge is 0.490 e. The van der Waals surface area contributed by atoms with Crippen LogP contribution in [0.1, 0.15) is 57.8 Å². The first-order chi connectivity index (χ1) is 14.1.